The lowest BCUT2D eigenvalue weighted by atomic mass is 9.68. The van der Waals surface area contributed by atoms with Crippen LogP contribution in [0.3, 0.4) is 0 Å². The van der Waals surface area contributed by atoms with Crippen molar-refractivity contribution >= 4 is 44.0 Å². The topological polar surface area (TPSA) is 17.0 Å². The van der Waals surface area contributed by atoms with Gasteiger partial charge in [-0.1, -0.05) is 146 Å². The lowest BCUT2D eigenvalue weighted by molar-refractivity contribution is 0.768. The molecule has 0 spiro atoms. The van der Waals surface area contributed by atoms with Gasteiger partial charge >= 0.3 is 0 Å². The molecule has 2 heteroatoms. The molecule has 230 valence electrons. The predicted octanol–water partition coefficient (Wildman–Crippen LogP) is 12.0. The molecule has 0 atom stereocenters. The second-order valence-corrected chi connectivity index (χ2v) is 13.0. The molecule has 0 saturated carbocycles. The molecular weight excluding hydrogens is 593 g/mol. The Morgan fingerprint density at radius 2 is 0.980 bits per heavy atom. The zero-order valence-electron chi connectivity index (χ0n) is 26.8. The van der Waals surface area contributed by atoms with Crippen molar-refractivity contribution in [2.24, 2.45) is 0 Å². The summed E-state index contributed by atoms with van der Waals surface area (Å²) in [5.41, 5.74) is 13.1. The molecule has 49 heavy (non-hydrogen) atoms. The molecule has 0 fully saturated rings. The summed E-state index contributed by atoms with van der Waals surface area (Å²) in [5.74, 6) is 0. The molecule has 1 heterocycles. The fourth-order valence-corrected chi connectivity index (χ4v) is 8.32. The van der Waals surface area contributed by atoms with Gasteiger partial charge in [-0.05, 0) is 86.6 Å². The van der Waals surface area contributed by atoms with E-state index in [4.69, 9.17) is 0 Å². The standard InChI is InChI=1S/C47H32N2/c1-2-14-34(15-3-1)47(43-19-9-6-16-39(43)40-17-7-10-20-44(40)47)35-23-25-36(26-24-35)48-37-27-29-42-41-18-8-11-21-45(41)49(46(42)31-37)38-28-22-32-12-4-5-13-33(32)30-38/h1-31,48H. The van der Waals surface area contributed by atoms with Gasteiger partial charge in [0.25, 0.3) is 0 Å². The second kappa shape index (κ2) is 10.8. The summed E-state index contributed by atoms with van der Waals surface area (Å²) in [5, 5.41) is 8.73. The number of hydrogen-bond acceptors (Lipinski definition) is 1. The zero-order valence-corrected chi connectivity index (χ0v) is 26.8. The third-order valence-corrected chi connectivity index (χ3v) is 10.4. The summed E-state index contributed by atoms with van der Waals surface area (Å²) in [4.78, 5) is 0. The van der Waals surface area contributed by atoms with Crippen molar-refractivity contribution in [1.29, 1.82) is 0 Å². The van der Waals surface area contributed by atoms with Crippen LogP contribution in [0.2, 0.25) is 0 Å². The maximum atomic E-state index is 3.74. The molecule has 0 unspecified atom stereocenters. The molecule has 0 saturated heterocycles. The molecule has 1 aliphatic rings. The van der Waals surface area contributed by atoms with Crippen molar-refractivity contribution in [3.63, 3.8) is 0 Å². The van der Waals surface area contributed by atoms with Gasteiger partial charge in [0.2, 0.25) is 0 Å². The molecule has 1 N–H and O–H groups in total. The summed E-state index contributed by atoms with van der Waals surface area (Å²) < 4.78 is 2.39. The van der Waals surface area contributed by atoms with E-state index >= 15 is 0 Å². The van der Waals surface area contributed by atoms with E-state index in [9.17, 15) is 0 Å². The molecule has 1 aliphatic carbocycles. The lowest BCUT2D eigenvalue weighted by Gasteiger charge is -2.34. The van der Waals surface area contributed by atoms with Gasteiger partial charge in [0.15, 0.2) is 0 Å². The largest absolute Gasteiger partial charge is 0.355 e. The average Bonchev–Trinajstić information content (AvgIpc) is 3.66. The predicted molar refractivity (Wildman–Crippen MR) is 205 cm³/mol. The minimum Gasteiger partial charge on any atom is -0.355 e. The fraction of sp³-hybridized carbons (Fsp3) is 0.0213. The third kappa shape index (κ3) is 4.14. The Bertz CT molecular complexity index is 2640. The maximum Gasteiger partial charge on any atom is 0.0713 e. The van der Waals surface area contributed by atoms with Gasteiger partial charge in [-0.3, -0.25) is 0 Å². The van der Waals surface area contributed by atoms with Crippen molar-refractivity contribution in [3.8, 4) is 16.8 Å². The van der Waals surface area contributed by atoms with E-state index in [0.29, 0.717) is 0 Å². The molecule has 0 bridgehead atoms. The van der Waals surface area contributed by atoms with E-state index in [0.717, 1.165) is 17.1 Å². The summed E-state index contributed by atoms with van der Waals surface area (Å²) in [7, 11) is 0. The molecule has 10 rings (SSSR count). The third-order valence-electron chi connectivity index (χ3n) is 10.4. The van der Waals surface area contributed by atoms with E-state index in [1.165, 1.54) is 66.0 Å². The summed E-state index contributed by atoms with van der Waals surface area (Å²) in [6.07, 6.45) is 0. The Labute approximate surface area is 285 Å². The van der Waals surface area contributed by atoms with Crippen LogP contribution in [0, 0.1) is 0 Å². The summed E-state index contributed by atoms with van der Waals surface area (Å²) >= 11 is 0. The van der Waals surface area contributed by atoms with Crippen LogP contribution < -0.4 is 5.32 Å². The van der Waals surface area contributed by atoms with Crippen molar-refractivity contribution in [2.45, 2.75) is 5.41 Å². The molecule has 1 aromatic heterocycles. The Hall–Kier alpha value is -6.38. The van der Waals surface area contributed by atoms with Crippen molar-refractivity contribution in [2.75, 3.05) is 5.32 Å². The van der Waals surface area contributed by atoms with Crippen LogP contribution in [-0.2, 0) is 5.41 Å². The Morgan fingerprint density at radius 3 is 1.76 bits per heavy atom. The Morgan fingerprint density at radius 1 is 0.388 bits per heavy atom. The van der Waals surface area contributed by atoms with Crippen molar-refractivity contribution < 1.29 is 0 Å². The highest BCUT2D eigenvalue weighted by atomic mass is 15.0. The average molecular weight is 625 g/mol. The molecule has 2 nitrogen and oxygen atoms in total. The van der Waals surface area contributed by atoms with Crippen LogP contribution in [-0.4, -0.2) is 4.57 Å². The van der Waals surface area contributed by atoms with Gasteiger partial charge in [-0.25, -0.2) is 0 Å². The highest BCUT2D eigenvalue weighted by Gasteiger charge is 2.45. The van der Waals surface area contributed by atoms with Gasteiger partial charge in [0.05, 0.1) is 16.4 Å². The van der Waals surface area contributed by atoms with Crippen molar-refractivity contribution in [1.82, 2.24) is 4.57 Å². The number of hydrogen-bond donors (Lipinski definition) is 1. The highest BCUT2D eigenvalue weighted by Crippen LogP contribution is 2.56. The van der Waals surface area contributed by atoms with Crippen LogP contribution in [0.25, 0.3) is 49.4 Å². The summed E-state index contributed by atoms with van der Waals surface area (Å²) in [6.45, 7) is 0. The van der Waals surface area contributed by atoms with Crippen LogP contribution in [0.4, 0.5) is 11.4 Å². The maximum absolute atomic E-state index is 3.74. The summed E-state index contributed by atoms with van der Waals surface area (Å²) in [6, 6.07) is 68.6. The smallest absolute Gasteiger partial charge is 0.0713 e. The highest BCUT2D eigenvalue weighted by molar-refractivity contribution is 6.10. The fourth-order valence-electron chi connectivity index (χ4n) is 8.32. The van der Waals surface area contributed by atoms with Crippen LogP contribution in [0.1, 0.15) is 22.3 Å². The van der Waals surface area contributed by atoms with Crippen LogP contribution in [0.5, 0.6) is 0 Å². The number of benzene rings is 8. The minimum absolute atomic E-state index is 0.396. The Balaban J connectivity index is 1.08. The van der Waals surface area contributed by atoms with Gasteiger partial charge in [0, 0.05) is 27.8 Å². The normalized spacial score (nSPS) is 13.1. The number of nitrogens with one attached hydrogen (secondary N) is 1. The number of rotatable bonds is 5. The number of para-hydroxylation sites is 1. The van der Waals surface area contributed by atoms with Crippen molar-refractivity contribution in [3.05, 3.63) is 210 Å². The minimum atomic E-state index is -0.396. The van der Waals surface area contributed by atoms with Gasteiger partial charge < -0.3 is 9.88 Å². The molecule has 0 radical (unpaired) electrons. The molecule has 8 aromatic carbocycles. The monoisotopic (exact) mass is 624 g/mol. The van der Waals surface area contributed by atoms with E-state index in [1.54, 1.807) is 0 Å². The number of nitrogens with zero attached hydrogens (tertiary/aromatic N) is 1. The molecular formula is C47H32N2. The number of anilines is 2. The Kier molecular flexibility index (Phi) is 6.13. The first-order chi connectivity index (χ1) is 24.3. The van der Waals surface area contributed by atoms with E-state index in [-0.39, 0.29) is 0 Å². The first kappa shape index (κ1) is 27.7. The van der Waals surface area contributed by atoms with Gasteiger partial charge in [-0.15, -0.1) is 0 Å². The van der Waals surface area contributed by atoms with E-state index in [2.05, 4.69) is 198 Å². The van der Waals surface area contributed by atoms with Gasteiger partial charge in [0.1, 0.15) is 0 Å². The molecule has 0 aliphatic heterocycles. The van der Waals surface area contributed by atoms with E-state index < -0.39 is 5.41 Å². The lowest BCUT2D eigenvalue weighted by Crippen LogP contribution is -2.28. The van der Waals surface area contributed by atoms with Crippen LogP contribution in [0.15, 0.2) is 188 Å². The quantitative estimate of drug-likeness (QED) is 0.202. The van der Waals surface area contributed by atoms with E-state index in [1.807, 2.05) is 0 Å². The first-order valence-electron chi connectivity index (χ1n) is 16.9. The zero-order chi connectivity index (χ0) is 32.4. The first-order valence-corrected chi connectivity index (χ1v) is 16.9. The van der Waals surface area contributed by atoms with Crippen LogP contribution >= 0.6 is 0 Å². The van der Waals surface area contributed by atoms with Gasteiger partial charge in [-0.2, -0.15) is 0 Å². The number of aromatic nitrogens is 1. The second-order valence-electron chi connectivity index (χ2n) is 13.0. The SMILES string of the molecule is c1ccc(C2(c3ccc(Nc4ccc5c6ccccc6n(-c6ccc7ccccc7c6)c5c4)cc3)c3ccccc3-c3ccccc32)cc1. The molecule has 9 aromatic rings. The molecule has 0 amide bonds. The number of fused-ring (bicyclic) bond motifs is 7.